The van der Waals surface area contributed by atoms with Crippen molar-refractivity contribution < 1.29 is 9.59 Å². The lowest BCUT2D eigenvalue weighted by Crippen LogP contribution is -2.23. The summed E-state index contributed by atoms with van der Waals surface area (Å²) in [5.41, 5.74) is 9.05. The van der Waals surface area contributed by atoms with Crippen molar-refractivity contribution in [3.8, 4) is 0 Å². The van der Waals surface area contributed by atoms with Crippen LogP contribution in [0.1, 0.15) is 57.3 Å². The average molecular weight is 311 g/mol. The first-order valence-electron chi connectivity index (χ1n) is 7.48. The maximum Gasteiger partial charge on any atom is 0.275 e. The maximum atomic E-state index is 12.6. The fourth-order valence-corrected chi connectivity index (χ4v) is 2.45. The van der Waals surface area contributed by atoms with Crippen LogP contribution in [-0.4, -0.2) is 16.8 Å². The zero-order valence-corrected chi connectivity index (χ0v) is 13.8. The molecule has 0 aliphatic carbocycles. The van der Waals surface area contributed by atoms with Crippen LogP contribution in [0.25, 0.3) is 0 Å². The number of pyridine rings is 1. The number of hydrogen-bond donors (Lipinski definition) is 2. The van der Waals surface area contributed by atoms with Crippen molar-refractivity contribution in [1.82, 2.24) is 4.98 Å². The zero-order chi connectivity index (χ0) is 17.1. The third kappa shape index (κ3) is 3.56. The molecule has 5 heteroatoms. The number of nitrogens with one attached hydrogen (secondary N) is 1. The largest absolute Gasteiger partial charge is 0.366 e. The van der Waals surface area contributed by atoms with E-state index in [1.54, 1.807) is 19.2 Å². The Hall–Kier alpha value is -2.69. The Labute approximate surface area is 135 Å². The van der Waals surface area contributed by atoms with Crippen molar-refractivity contribution in [3.05, 3.63) is 58.4 Å². The van der Waals surface area contributed by atoms with E-state index in [1.165, 1.54) is 0 Å². The van der Waals surface area contributed by atoms with Gasteiger partial charge in [0.25, 0.3) is 11.8 Å². The predicted molar refractivity (Wildman–Crippen MR) is 90.7 cm³/mol. The molecule has 0 unspecified atom stereocenters. The summed E-state index contributed by atoms with van der Waals surface area (Å²) in [6.07, 6.45) is 1.54. The first-order chi connectivity index (χ1) is 10.8. The molecule has 0 saturated carbocycles. The number of primary amides is 1. The molecule has 2 rings (SSSR count). The number of nitrogens with zero attached hydrogens (tertiary/aromatic N) is 1. The molecule has 3 N–H and O–H groups in total. The SMILES string of the molecule is Cc1cnc(C(=O)Nc2c(C)cccc2C(C)C)c(C(N)=O)c1. The van der Waals surface area contributed by atoms with Gasteiger partial charge in [-0.05, 0) is 42.5 Å². The van der Waals surface area contributed by atoms with E-state index < -0.39 is 11.8 Å². The van der Waals surface area contributed by atoms with Crippen LogP contribution in [-0.2, 0) is 0 Å². The van der Waals surface area contributed by atoms with E-state index in [4.69, 9.17) is 5.73 Å². The van der Waals surface area contributed by atoms with Gasteiger partial charge in [0, 0.05) is 11.9 Å². The summed E-state index contributed by atoms with van der Waals surface area (Å²) < 4.78 is 0. The minimum Gasteiger partial charge on any atom is -0.366 e. The van der Waals surface area contributed by atoms with Gasteiger partial charge in [0.05, 0.1) is 5.56 Å². The van der Waals surface area contributed by atoms with E-state index in [0.29, 0.717) is 0 Å². The van der Waals surface area contributed by atoms with Crippen molar-refractivity contribution in [1.29, 1.82) is 0 Å². The van der Waals surface area contributed by atoms with E-state index in [9.17, 15) is 9.59 Å². The van der Waals surface area contributed by atoms with Crippen molar-refractivity contribution in [2.75, 3.05) is 5.32 Å². The molecule has 0 spiro atoms. The zero-order valence-electron chi connectivity index (χ0n) is 13.8. The molecule has 1 heterocycles. The van der Waals surface area contributed by atoms with Crippen LogP contribution in [0.4, 0.5) is 5.69 Å². The summed E-state index contributed by atoms with van der Waals surface area (Å²) in [5, 5.41) is 2.88. The van der Waals surface area contributed by atoms with Crippen LogP contribution in [0.5, 0.6) is 0 Å². The lowest BCUT2D eigenvalue weighted by Gasteiger charge is -2.16. The van der Waals surface area contributed by atoms with Crippen molar-refractivity contribution >= 4 is 17.5 Å². The minimum atomic E-state index is -0.666. The second-order valence-corrected chi connectivity index (χ2v) is 5.92. The first-order valence-corrected chi connectivity index (χ1v) is 7.48. The van der Waals surface area contributed by atoms with E-state index in [0.717, 1.165) is 22.4 Å². The van der Waals surface area contributed by atoms with Gasteiger partial charge in [0.1, 0.15) is 5.69 Å². The quantitative estimate of drug-likeness (QED) is 0.909. The number of amides is 2. The number of aryl methyl sites for hydroxylation is 2. The van der Waals surface area contributed by atoms with Gasteiger partial charge in [0.2, 0.25) is 0 Å². The molecule has 0 fully saturated rings. The van der Waals surface area contributed by atoms with Crippen LogP contribution >= 0.6 is 0 Å². The van der Waals surface area contributed by atoms with Gasteiger partial charge in [-0.2, -0.15) is 0 Å². The lowest BCUT2D eigenvalue weighted by atomic mass is 9.98. The third-order valence-electron chi connectivity index (χ3n) is 3.67. The topological polar surface area (TPSA) is 85.1 Å². The smallest absolute Gasteiger partial charge is 0.275 e. The molecule has 5 nitrogen and oxygen atoms in total. The van der Waals surface area contributed by atoms with Crippen molar-refractivity contribution in [2.45, 2.75) is 33.6 Å². The standard InChI is InChI=1S/C18H21N3O2/c1-10(2)13-7-5-6-12(4)15(13)21-18(23)16-14(17(19)22)8-11(3)9-20-16/h5-10H,1-4H3,(H2,19,22)(H,21,23). The highest BCUT2D eigenvalue weighted by Crippen LogP contribution is 2.28. The molecule has 0 aliphatic heterocycles. The molecule has 1 aromatic carbocycles. The van der Waals surface area contributed by atoms with E-state index in [-0.39, 0.29) is 17.2 Å². The van der Waals surface area contributed by atoms with Gasteiger partial charge in [-0.25, -0.2) is 4.98 Å². The number of para-hydroxylation sites is 1. The highest BCUT2D eigenvalue weighted by molar-refractivity contribution is 6.11. The monoisotopic (exact) mass is 311 g/mol. The van der Waals surface area contributed by atoms with Gasteiger partial charge < -0.3 is 11.1 Å². The highest BCUT2D eigenvalue weighted by atomic mass is 16.2. The number of rotatable bonds is 4. The van der Waals surface area contributed by atoms with Crippen molar-refractivity contribution in [2.24, 2.45) is 5.73 Å². The summed E-state index contributed by atoms with van der Waals surface area (Å²) in [7, 11) is 0. The summed E-state index contributed by atoms with van der Waals surface area (Å²) >= 11 is 0. The Bertz CT molecular complexity index is 767. The third-order valence-corrected chi connectivity index (χ3v) is 3.67. The Morgan fingerprint density at radius 1 is 1.22 bits per heavy atom. The number of hydrogen-bond acceptors (Lipinski definition) is 3. The fourth-order valence-electron chi connectivity index (χ4n) is 2.45. The summed E-state index contributed by atoms with van der Waals surface area (Å²) in [4.78, 5) is 28.3. The Morgan fingerprint density at radius 3 is 2.52 bits per heavy atom. The fraction of sp³-hybridized carbons (Fsp3) is 0.278. The van der Waals surface area contributed by atoms with Gasteiger partial charge in [-0.15, -0.1) is 0 Å². The van der Waals surface area contributed by atoms with Crippen LogP contribution in [0.15, 0.2) is 30.5 Å². The minimum absolute atomic E-state index is 0.0426. The molecule has 23 heavy (non-hydrogen) atoms. The number of carbonyl (C=O) groups excluding carboxylic acids is 2. The van der Waals surface area contributed by atoms with Crippen LogP contribution < -0.4 is 11.1 Å². The van der Waals surface area contributed by atoms with Crippen LogP contribution in [0, 0.1) is 13.8 Å². The molecule has 2 aromatic rings. The molecule has 0 aliphatic rings. The molecular formula is C18H21N3O2. The second-order valence-electron chi connectivity index (χ2n) is 5.92. The van der Waals surface area contributed by atoms with Gasteiger partial charge >= 0.3 is 0 Å². The van der Waals surface area contributed by atoms with Crippen molar-refractivity contribution in [3.63, 3.8) is 0 Å². The predicted octanol–water partition coefficient (Wildman–Crippen LogP) is 3.17. The van der Waals surface area contributed by atoms with Crippen LogP contribution in [0.2, 0.25) is 0 Å². The summed E-state index contributed by atoms with van der Waals surface area (Å²) in [6, 6.07) is 7.44. The van der Waals surface area contributed by atoms with Gasteiger partial charge in [-0.3, -0.25) is 9.59 Å². The van der Waals surface area contributed by atoms with E-state index >= 15 is 0 Å². The lowest BCUT2D eigenvalue weighted by molar-refractivity contribution is 0.0974. The molecule has 0 bridgehead atoms. The first kappa shape index (κ1) is 16.7. The number of benzene rings is 1. The van der Waals surface area contributed by atoms with Gasteiger partial charge in [0.15, 0.2) is 0 Å². The molecule has 0 radical (unpaired) electrons. The molecule has 2 amide bonds. The number of carbonyl (C=O) groups is 2. The second kappa shape index (κ2) is 6.60. The van der Waals surface area contributed by atoms with Gasteiger partial charge in [-0.1, -0.05) is 32.0 Å². The Kier molecular flexibility index (Phi) is 4.79. The Morgan fingerprint density at radius 2 is 1.91 bits per heavy atom. The number of anilines is 1. The summed E-state index contributed by atoms with van der Waals surface area (Å²) in [5.74, 6) is -0.845. The van der Waals surface area contributed by atoms with E-state index in [2.05, 4.69) is 24.1 Å². The molecule has 1 aromatic heterocycles. The van der Waals surface area contributed by atoms with Crippen LogP contribution in [0.3, 0.4) is 0 Å². The number of nitrogens with two attached hydrogens (primary N) is 1. The molecule has 120 valence electrons. The number of aromatic nitrogens is 1. The van der Waals surface area contributed by atoms with E-state index in [1.807, 2.05) is 25.1 Å². The highest BCUT2D eigenvalue weighted by Gasteiger charge is 2.19. The Balaban J connectivity index is 2.43. The molecular weight excluding hydrogens is 290 g/mol. The maximum absolute atomic E-state index is 12.6. The summed E-state index contributed by atoms with van der Waals surface area (Å²) in [6.45, 7) is 7.84. The molecule has 0 saturated heterocycles. The normalized spacial score (nSPS) is 10.7. The average Bonchev–Trinajstić information content (AvgIpc) is 2.48. The molecule has 0 atom stereocenters.